The summed E-state index contributed by atoms with van der Waals surface area (Å²) in [5, 5.41) is 9.42. The van der Waals surface area contributed by atoms with Gasteiger partial charge in [0.25, 0.3) is 0 Å². The van der Waals surface area contributed by atoms with Crippen LogP contribution in [0.1, 0.15) is 24.5 Å². The van der Waals surface area contributed by atoms with Gasteiger partial charge in [-0.3, -0.25) is 0 Å². The number of hydrogen-bond acceptors (Lipinski definition) is 2. The first-order valence-electron chi connectivity index (χ1n) is 7.36. The van der Waals surface area contributed by atoms with Gasteiger partial charge in [0.1, 0.15) is 5.82 Å². The largest absolute Gasteiger partial charge is 0.392 e. The van der Waals surface area contributed by atoms with E-state index in [4.69, 9.17) is 5.73 Å². The van der Waals surface area contributed by atoms with E-state index in [2.05, 4.69) is 19.1 Å². The number of halogens is 1. The second kappa shape index (κ2) is 7.34. The van der Waals surface area contributed by atoms with Crippen molar-refractivity contribution in [3.8, 4) is 11.1 Å². The lowest BCUT2D eigenvalue weighted by atomic mass is 9.93. The molecule has 0 bridgehead atoms. The zero-order valence-corrected chi connectivity index (χ0v) is 12.3. The molecule has 0 aliphatic carbocycles. The summed E-state index contributed by atoms with van der Waals surface area (Å²) < 4.78 is 13.5. The second-order valence-corrected chi connectivity index (χ2v) is 5.37. The normalized spacial score (nSPS) is 12.4. The molecule has 3 N–H and O–H groups in total. The molecule has 1 unspecified atom stereocenters. The van der Waals surface area contributed by atoms with Crippen LogP contribution in [0.15, 0.2) is 42.5 Å². The summed E-state index contributed by atoms with van der Waals surface area (Å²) in [5.74, 6) is 0.172. The second-order valence-electron chi connectivity index (χ2n) is 5.37. The molecule has 0 amide bonds. The van der Waals surface area contributed by atoms with Gasteiger partial charge in [0.05, 0.1) is 6.61 Å². The van der Waals surface area contributed by atoms with Crippen molar-refractivity contribution in [1.29, 1.82) is 0 Å². The topological polar surface area (TPSA) is 46.2 Å². The Balaban J connectivity index is 2.35. The SMILES string of the molecule is CCC(CN)Cc1cccc(-c2cc(F)ccc2CO)c1. The average Bonchev–Trinajstić information content (AvgIpc) is 2.52. The number of aliphatic hydroxyl groups is 1. The Kier molecular flexibility index (Phi) is 5.48. The molecule has 0 saturated carbocycles. The first-order valence-corrected chi connectivity index (χ1v) is 7.36. The van der Waals surface area contributed by atoms with Gasteiger partial charge in [-0.05, 0) is 53.3 Å². The first-order chi connectivity index (χ1) is 10.2. The van der Waals surface area contributed by atoms with Crippen LogP contribution in [0.25, 0.3) is 11.1 Å². The van der Waals surface area contributed by atoms with Crippen molar-refractivity contribution in [3.63, 3.8) is 0 Å². The highest BCUT2D eigenvalue weighted by Crippen LogP contribution is 2.26. The van der Waals surface area contributed by atoms with Crippen LogP contribution in [-0.2, 0) is 13.0 Å². The number of nitrogens with two attached hydrogens (primary N) is 1. The molecule has 2 nitrogen and oxygen atoms in total. The third kappa shape index (κ3) is 3.90. The van der Waals surface area contributed by atoms with Crippen LogP contribution in [0.2, 0.25) is 0 Å². The standard InChI is InChI=1S/C18H22FNO/c1-2-13(11-20)8-14-4-3-5-15(9-14)18-10-17(19)7-6-16(18)12-21/h3-7,9-10,13,21H,2,8,11-12,20H2,1H3. The smallest absolute Gasteiger partial charge is 0.123 e. The van der Waals surface area contributed by atoms with E-state index in [1.54, 1.807) is 6.07 Å². The fourth-order valence-electron chi connectivity index (χ4n) is 2.55. The minimum atomic E-state index is -0.291. The molecule has 0 aliphatic heterocycles. The van der Waals surface area contributed by atoms with Crippen LogP contribution in [0, 0.1) is 11.7 Å². The van der Waals surface area contributed by atoms with Crippen molar-refractivity contribution >= 4 is 0 Å². The van der Waals surface area contributed by atoms with Gasteiger partial charge in [-0.15, -0.1) is 0 Å². The maximum Gasteiger partial charge on any atom is 0.123 e. The maximum absolute atomic E-state index is 13.5. The third-order valence-corrected chi connectivity index (χ3v) is 3.92. The molecular weight excluding hydrogens is 265 g/mol. The lowest BCUT2D eigenvalue weighted by Crippen LogP contribution is -2.15. The highest BCUT2D eigenvalue weighted by atomic mass is 19.1. The van der Waals surface area contributed by atoms with E-state index in [1.165, 1.54) is 17.7 Å². The zero-order valence-electron chi connectivity index (χ0n) is 12.3. The van der Waals surface area contributed by atoms with Crippen LogP contribution in [-0.4, -0.2) is 11.7 Å². The highest BCUT2D eigenvalue weighted by molar-refractivity contribution is 5.68. The third-order valence-electron chi connectivity index (χ3n) is 3.92. The molecule has 2 aromatic rings. The zero-order chi connectivity index (χ0) is 15.2. The van der Waals surface area contributed by atoms with Crippen molar-refractivity contribution in [2.75, 3.05) is 6.54 Å². The Labute approximate surface area is 125 Å². The van der Waals surface area contributed by atoms with Crippen molar-refractivity contribution < 1.29 is 9.50 Å². The lowest BCUT2D eigenvalue weighted by molar-refractivity contribution is 0.282. The van der Waals surface area contributed by atoms with Gasteiger partial charge in [0, 0.05) is 0 Å². The molecule has 0 aromatic heterocycles. The van der Waals surface area contributed by atoms with Crippen LogP contribution in [0.4, 0.5) is 4.39 Å². The quantitative estimate of drug-likeness (QED) is 0.854. The monoisotopic (exact) mass is 287 g/mol. The summed E-state index contributed by atoms with van der Waals surface area (Å²) in [4.78, 5) is 0. The molecule has 0 heterocycles. The lowest BCUT2D eigenvalue weighted by Gasteiger charge is -2.14. The molecule has 3 heteroatoms. The fraction of sp³-hybridized carbons (Fsp3) is 0.333. The van der Waals surface area contributed by atoms with Gasteiger partial charge < -0.3 is 10.8 Å². The maximum atomic E-state index is 13.5. The van der Waals surface area contributed by atoms with E-state index in [0.717, 1.165) is 29.5 Å². The summed E-state index contributed by atoms with van der Waals surface area (Å²) in [7, 11) is 0. The molecule has 2 aromatic carbocycles. The summed E-state index contributed by atoms with van der Waals surface area (Å²) in [6.45, 7) is 2.71. The molecule has 112 valence electrons. The predicted octanol–water partition coefficient (Wildman–Crippen LogP) is 3.51. The average molecular weight is 287 g/mol. The minimum absolute atomic E-state index is 0.0970. The van der Waals surface area contributed by atoms with Crippen LogP contribution in [0.5, 0.6) is 0 Å². The summed E-state index contributed by atoms with van der Waals surface area (Å²) >= 11 is 0. The van der Waals surface area contributed by atoms with Crippen LogP contribution >= 0.6 is 0 Å². The molecule has 0 radical (unpaired) electrons. The summed E-state index contributed by atoms with van der Waals surface area (Å²) in [5.41, 5.74) is 9.37. The van der Waals surface area contributed by atoms with Crippen molar-refractivity contribution in [2.24, 2.45) is 11.7 Å². The van der Waals surface area contributed by atoms with E-state index in [-0.39, 0.29) is 12.4 Å². The van der Waals surface area contributed by atoms with Gasteiger partial charge in [0.2, 0.25) is 0 Å². The minimum Gasteiger partial charge on any atom is -0.392 e. The van der Waals surface area contributed by atoms with Crippen LogP contribution in [0.3, 0.4) is 0 Å². The Morgan fingerprint density at radius 1 is 1.19 bits per heavy atom. The van der Waals surface area contributed by atoms with Gasteiger partial charge >= 0.3 is 0 Å². The summed E-state index contributed by atoms with van der Waals surface area (Å²) in [6, 6.07) is 12.5. The highest BCUT2D eigenvalue weighted by Gasteiger charge is 2.09. The Hall–Kier alpha value is -1.71. The van der Waals surface area contributed by atoms with E-state index in [9.17, 15) is 9.50 Å². The first kappa shape index (κ1) is 15.7. The Morgan fingerprint density at radius 3 is 2.67 bits per heavy atom. The molecule has 0 spiro atoms. The molecule has 2 rings (SSSR count). The Bertz CT molecular complexity index is 594. The molecule has 0 saturated heterocycles. The van der Waals surface area contributed by atoms with E-state index in [1.807, 2.05) is 12.1 Å². The number of benzene rings is 2. The molecular formula is C18H22FNO. The molecule has 1 atom stereocenters. The number of rotatable bonds is 6. The summed E-state index contributed by atoms with van der Waals surface area (Å²) in [6.07, 6.45) is 1.97. The van der Waals surface area contributed by atoms with E-state index < -0.39 is 0 Å². The molecule has 0 aliphatic rings. The molecule has 0 fully saturated rings. The van der Waals surface area contributed by atoms with Crippen LogP contribution < -0.4 is 5.73 Å². The van der Waals surface area contributed by atoms with Crippen molar-refractivity contribution in [1.82, 2.24) is 0 Å². The number of aliphatic hydroxyl groups excluding tert-OH is 1. The van der Waals surface area contributed by atoms with Gasteiger partial charge in [-0.25, -0.2) is 4.39 Å². The van der Waals surface area contributed by atoms with Gasteiger partial charge in [-0.1, -0.05) is 43.7 Å². The molecule has 21 heavy (non-hydrogen) atoms. The van der Waals surface area contributed by atoms with E-state index >= 15 is 0 Å². The van der Waals surface area contributed by atoms with E-state index in [0.29, 0.717) is 12.5 Å². The van der Waals surface area contributed by atoms with Crippen molar-refractivity contribution in [3.05, 3.63) is 59.4 Å². The fourth-order valence-corrected chi connectivity index (χ4v) is 2.55. The number of hydrogen-bond donors (Lipinski definition) is 2. The van der Waals surface area contributed by atoms with Crippen molar-refractivity contribution in [2.45, 2.75) is 26.4 Å². The Morgan fingerprint density at radius 2 is 2.00 bits per heavy atom. The van der Waals surface area contributed by atoms with Gasteiger partial charge in [0.15, 0.2) is 0 Å². The predicted molar refractivity (Wildman–Crippen MR) is 84.3 cm³/mol. The van der Waals surface area contributed by atoms with Gasteiger partial charge in [-0.2, -0.15) is 0 Å².